The van der Waals surface area contributed by atoms with Crippen LogP contribution in [0.15, 0.2) is 24.5 Å². The van der Waals surface area contributed by atoms with Crippen LogP contribution in [0.4, 0.5) is 0 Å². The van der Waals surface area contributed by atoms with Crippen LogP contribution < -0.4 is 5.73 Å². The van der Waals surface area contributed by atoms with Gasteiger partial charge in [-0.25, -0.2) is 9.67 Å². The third-order valence-corrected chi connectivity index (χ3v) is 3.16. The second-order valence-corrected chi connectivity index (χ2v) is 4.57. The van der Waals surface area contributed by atoms with Gasteiger partial charge in [-0.2, -0.15) is 0 Å². The van der Waals surface area contributed by atoms with Gasteiger partial charge in [-0.1, -0.05) is 47.6 Å². The van der Waals surface area contributed by atoms with Gasteiger partial charge >= 0.3 is 0 Å². The summed E-state index contributed by atoms with van der Waals surface area (Å²) in [6, 6.07) is 5.43. The van der Waals surface area contributed by atoms with Gasteiger partial charge in [-0.3, -0.25) is 0 Å². The number of nitrogens with two attached hydrogens (primary N) is 1. The summed E-state index contributed by atoms with van der Waals surface area (Å²) >= 11 is 16.8. The molecule has 0 spiro atoms. The van der Waals surface area contributed by atoms with Gasteiger partial charge in [0, 0.05) is 0 Å². The molecule has 2 aromatic rings. The molecule has 4 nitrogen and oxygen atoms in total. The molecular weight excluding hydrogens is 279 g/mol. The van der Waals surface area contributed by atoms with E-state index in [-0.39, 0.29) is 4.99 Å². The molecule has 0 fully saturated rings. The largest absolute Gasteiger partial charge is 0.387 e. The zero-order chi connectivity index (χ0) is 12.4. The van der Waals surface area contributed by atoms with Crippen molar-refractivity contribution >= 4 is 40.4 Å². The Bertz CT molecular complexity index is 567. The zero-order valence-electron chi connectivity index (χ0n) is 8.60. The minimum Gasteiger partial charge on any atom is -0.387 e. The van der Waals surface area contributed by atoms with Gasteiger partial charge in [-0.05, 0) is 11.6 Å². The molecule has 17 heavy (non-hydrogen) atoms. The Hall–Kier alpha value is -1.17. The van der Waals surface area contributed by atoms with Crippen molar-refractivity contribution in [1.82, 2.24) is 14.8 Å². The predicted molar refractivity (Wildman–Crippen MR) is 71.5 cm³/mol. The van der Waals surface area contributed by atoms with Crippen LogP contribution in [-0.4, -0.2) is 19.8 Å². The quantitative estimate of drug-likeness (QED) is 0.880. The number of benzene rings is 1. The molecule has 0 aliphatic carbocycles. The molecule has 1 aromatic heterocycles. The van der Waals surface area contributed by atoms with Crippen LogP contribution in [0.25, 0.3) is 0 Å². The van der Waals surface area contributed by atoms with Gasteiger partial charge in [0.15, 0.2) is 0 Å². The number of rotatable bonds is 3. The van der Waals surface area contributed by atoms with Gasteiger partial charge in [0.25, 0.3) is 0 Å². The molecule has 0 saturated carbocycles. The molecule has 0 bridgehead atoms. The minimum absolute atomic E-state index is 0.168. The molecule has 1 aromatic carbocycles. The van der Waals surface area contributed by atoms with E-state index in [0.29, 0.717) is 22.4 Å². The van der Waals surface area contributed by atoms with Crippen LogP contribution in [0.5, 0.6) is 0 Å². The maximum Gasteiger partial charge on any atom is 0.208 e. The highest BCUT2D eigenvalue weighted by atomic mass is 35.5. The molecule has 0 amide bonds. The normalized spacial score (nSPS) is 10.5. The van der Waals surface area contributed by atoms with E-state index in [2.05, 4.69) is 10.1 Å². The van der Waals surface area contributed by atoms with E-state index in [9.17, 15) is 0 Å². The van der Waals surface area contributed by atoms with Crippen LogP contribution in [0.3, 0.4) is 0 Å². The summed E-state index contributed by atoms with van der Waals surface area (Å²) in [5.74, 6) is 0.346. The maximum atomic E-state index is 6.07. The van der Waals surface area contributed by atoms with E-state index in [0.717, 1.165) is 5.56 Å². The Morgan fingerprint density at radius 2 is 2.18 bits per heavy atom. The fourth-order valence-corrected chi connectivity index (χ4v) is 1.80. The molecule has 0 saturated heterocycles. The van der Waals surface area contributed by atoms with Gasteiger partial charge in [0.2, 0.25) is 5.82 Å². The van der Waals surface area contributed by atoms with Crippen molar-refractivity contribution in [2.75, 3.05) is 0 Å². The van der Waals surface area contributed by atoms with Crippen molar-refractivity contribution in [3.63, 3.8) is 0 Å². The van der Waals surface area contributed by atoms with Gasteiger partial charge < -0.3 is 5.73 Å². The maximum absolute atomic E-state index is 6.07. The van der Waals surface area contributed by atoms with Crippen molar-refractivity contribution < 1.29 is 0 Å². The van der Waals surface area contributed by atoms with Crippen LogP contribution >= 0.6 is 35.4 Å². The highest BCUT2D eigenvalue weighted by molar-refractivity contribution is 7.80. The van der Waals surface area contributed by atoms with E-state index in [4.69, 9.17) is 41.2 Å². The van der Waals surface area contributed by atoms with Crippen LogP contribution in [0.1, 0.15) is 11.4 Å². The second-order valence-electron chi connectivity index (χ2n) is 3.34. The smallest absolute Gasteiger partial charge is 0.208 e. The number of thiocarbonyl (C=S) groups is 1. The van der Waals surface area contributed by atoms with E-state index >= 15 is 0 Å². The summed E-state index contributed by atoms with van der Waals surface area (Å²) in [7, 11) is 0. The standard InChI is InChI=1S/C10H8Cl2N4S/c11-7-3-1-2-6(8(7)12)4-16-5-14-10(15-16)9(13)17/h1-3,5H,4H2,(H2,13,17). The predicted octanol–water partition coefficient (Wildman–Crippen LogP) is 2.27. The zero-order valence-corrected chi connectivity index (χ0v) is 10.9. The molecule has 2 N–H and O–H groups in total. The molecule has 0 atom stereocenters. The van der Waals surface area contributed by atoms with Crippen molar-refractivity contribution in [2.24, 2.45) is 5.73 Å². The molecule has 0 radical (unpaired) electrons. The number of hydrogen-bond donors (Lipinski definition) is 1. The van der Waals surface area contributed by atoms with E-state index in [1.165, 1.54) is 0 Å². The SMILES string of the molecule is NC(=S)c1ncn(Cc2cccc(Cl)c2Cl)n1. The third-order valence-electron chi connectivity index (χ3n) is 2.12. The topological polar surface area (TPSA) is 56.7 Å². The minimum atomic E-state index is 0.168. The lowest BCUT2D eigenvalue weighted by atomic mass is 10.2. The van der Waals surface area contributed by atoms with Crippen molar-refractivity contribution in [2.45, 2.75) is 6.54 Å². The average Bonchev–Trinajstić information content (AvgIpc) is 2.73. The van der Waals surface area contributed by atoms with Crippen molar-refractivity contribution in [3.8, 4) is 0 Å². The third kappa shape index (κ3) is 2.74. The monoisotopic (exact) mass is 286 g/mol. The lowest BCUT2D eigenvalue weighted by Gasteiger charge is -2.04. The first kappa shape index (κ1) is 12.3. The lowest BCUT2D eigenvalue weighted by Crippen LogP contribution is -2.12. The fraction of sp³-hybridized carbons (Fsp3) is 0.100. The number of halogens is 2. The average molecular weight is 287 g/mol. The Labute approximate surface area is 113 Å². The lowest BCUT2D eigenvalue weighted by molar-refractivity contribution is 0.683. The van der Waals surface area contributed by atoms with E-state index in [1.54, 1.807) is 17.1 Å². The summed E-state index contributed by atoms with van der Waals surface area (Å²) in [6.07, 6.45) is 1.55. The summed E-state index contributed by atoms with van der Waals surface area (Å²) in [5.41, 5.74) is 6.28. The molecular formula is C10H8Cl2N4S. The van der Waals surface area contributed by atoms with Crippen LogP contribution in [0.2, 0.25) is 10.0 Å². The number of hydrogen-bond acceptors (Lipinski definition) is 3. The Morgan fingerprint density at radius 3 is 2.82 bits per heavy atom. The van der Waals surface area contributed by atoms with Gasteiger partial charge in [0.1, 0.15) is 11.3 Å². The van der Waals surface area contributed by atoms with Crippen LogP contribution in [0, 0.1) is 0 Å². The number of aromatic nitrogens is 3. The Kier molecular flexibility index (Phi) is 3.61. The summed E-state index contributed by atoms with van der Waals surface area (Å²) in [6.45, 7) is 0.467. The van der Waals surface area contributed by atoms with Gasteiger partial charge in [-0.15, -0.1) is 5.10 Å². The van der Waals surface area contributed by atoms with E-state index in [1.807, 2.05) is 12.1 Å². The Balaban J connectivity index is 2.25. The first-order valence-electron chi connectivity index (χ1n) is 4.70. The molecule has 1 heterocycles. The molecule has 0 unspecified atom stereocenters. The highest BCUT2D eigenvalue weighted by Crippen LogP contribution is 2.25. The van der Waals surface area contributed by atoms with Gasteiger partial charge in [0.05, 0.1) is 16.6 Å². The summed E-state index contributed by atoms with van der Waals surface area (Å²) in [5, 5.41) is 5.14. The molecule has 0 aliphatic heterocycles. The van der Waals surface area contributed by atoms with E-state index < -0.39 is 0 Å². The highest BCUT2D eigenvalue weighted by Gasteiger charge is 2.07. The number of nitrogens with zero attached hydrogens (tertiary/aromatic N) is 3. The molecule has 7 heteroatoms. The molecule has 0 aliphatic rings. The second kappa shape index (κ2) is 5.00. The fourth-order valence-electron chi connectivity index (χ4n) is 1.33. The summed E-state index contributed by atoms with van der Waals surface area (Å²) < 4.78 is 1.60. The molecule has 2 rings (SSSR count). The summed E-state index contributed by atoms with van der Waals surface area (Å²) in [4.78, 5) is 4.14. The van der Waals surface area contributed by atoms with Crippen molar-refractivity contribution in [1.29, 1.82) is 0 Å². The molecule has 88 valence electrons. The Morgan fingerprint density at radius 1 is 1.41 bits per heavy atom. The first-order valence-corrected chi connectivity index (χ1v) is 5.86. The van der Waals surface area contributed by atoms with Crippen molar-refractivity contribution in [3.05, 3.63) is 46.0 Å². The van der Waals surface area contributed by atoms with Crippen LogP contribution in [-0.2, 0) is 6.54 Å². The first-order chi connectivity index (χ1) is 8.08.